The van der Waals surface area contributed by atoms with Crippen molar-refractivity contribution in [3.63, 3.8) is 0 Å². The van der Waals surface area contributed by atoms with Gasteiger partial charge in [0.15, 0.2) is 4.93 Å². The fourth-order valence-electron chi connectivity index (χ4n) is 1.68. The Bertz CT molecular complexity index is 267. The number of hydrogen-bond acceptors (Lipinski definition) is 4. The molecule has 0 unspecified atom stereocenters. The molecule has 0 atom stereocenters. The third-order valence-corrected chi connectivity index (χ3v) is 4.15. The number of unbranched alkanes of at least 4 members (excludes halogenated alkanes) is 4. The molecule has 4 nitrogen and oxygen atoms in total. The van der Waals surface area contributed by atoms with Gasteiger partial charge in [-0.3, -0.25) is 0 Å². The van der Waals surface area contributed by atoms with Crippen LogP contribution in [0.25, 0.3) is 0 Å². The first-order valence-corrected chi connectivity index (χ1v) is 7.46. The second kappa shape index (κ2) is 9.75. The largest absolute Gasteiger partial charge is 1.00 e. The van der Waals surface area contributed by atoms with Crippen molar-refractivity contribution in [3.8, 4) is 0 Å². The Kier molecular flexibility index (Phi) is 11.6. The number of rotatable bonds is 9. The molecule has 0 saturated heterocycles. The van der Waals surface area contributed by atoms with E-state index in [4.69, 9.17) is 0 Å². The van der Waals surface area contributed by atoms with Gasteiger partial charge < -0.3 is 9.66 Å². The van der Waals surface area contributed by atoms with Crippen molar-refractivity contribution in [2.24, 2.45) is 0 Å². The summed E-state index contributed by atoms with van der Waals surface area (Å²) < 4.78 is 33.1. The summed E-state index contributed by atoms with van der Waals surface area (Å²) in [5, 5.41) is 9.90. The molecule has 0 saturated carbocycles. The van der Waals surface area contributed by atoms with Crippen LogP contribution >= 0.6 is 0 Å². The topological polar surface area (TPSA) is 77.4 Å². The zero-order valence-corrected chi connectivity index (χ0v) is 14.1. The van der Waals surface area contributed by atoms with E-state index in [9.17, 15) is 18.1 Å². The van der Waals surface area contributed by atoms with Crippen molar-refractivity contribution in [2.75, 3.05) is 0 Å². The van der Waals surface area contributed by atoms with E-state index in [-0.39, 0.29) is 42.4 Å². The third kappa shape index (κ3) is 7.80. The molecule has 0 bridgehead atoms. The predicted molar refractivity (Wildman–Crippen MR) is 62.9 cm³/mol. The molecule has 0 aromatic heterocycles. The van der Waals surface area contributed by atoms with E-state index in [1.807, 2.05) is 13.8 Å². The molecule has 0 radical (unpaired) electrons. The average Bonchev–Trinajstić information content (AvgIpc) is 2.17. The first-order chi connectivity index (χ1) is 7.37. The van der Waals surface area contributed by atoms with Gasteiger partial charge in [-0.05, 0) is 25.7 Å². The van der Waals surface area contributed by atoms with Crippen LogP contribution in [0.2, 0.25) is 0 Å². The van der Waals surface area contributed by atoms with E-state index in [0.717, 1.165) is 25.7 Å². The fourth-order valence-corrected chi connectivity index (χ4v) is 2.47. The average molecular weight is 274 g/mol. The van der Waals surface area contributed by atoms with Crippen LogP contribution in [-0.4, -0.2) is 23.0 Å². The van der Waals surface area contributed by atoms with E-state index < -0.39 is 15.1 Å². The minimum atomic E-state index is -4.62. The van der Waals surface area contributed by atoms with Crippen LogP contribution < -0.4 is 29.6 Å². The summed E-state index contributed by atoms with van der Waals surface area (Å²) in [6.07, 6.45) is 4.85. The molecule has 98 valence electrons. The summed E-state index contributed by atoms with van der Waals surface area (Å²) in [6.45, 7) is 3.98. The van der Waals surface area contributed by atoms with Crippen molar-refractivity contribution >= 4 is 10.1 Å². The molecule has 0 aliphatic carbocycles. The SMILES string of the molecule is CCCCCC(O)(CCCCC)S(=O)(=O)[O-].[Na+]. The minimum absolute atomic E-state index is 0. The Morgan fingerprint density at radius 2 is 1.35 bits per heavy atom. The van der Waals surface area contributed by atoms with Crippen LogP contribution in [-0.2, 0) is 10.1 Å². The number of hydrogen-bond donors (Lipinski definition) is 1. The van der Waals surface area contributed by atoms with Crippen LogP contribution in [0.4, 0.5) is 0 Å². The van der Waals surface area contributed by atoms with E-state index in [1.54, 1.807) is 0 Å². The predicted octanol–water partition coefficient (Wildman–Crippen LogP) is -0.615. The normalized spacial score (nSPS) is 12.2. The van der Waals surface area contributed by atoms with Gasteiger partial charge in [-0.1, -0.05) is 39.5 Å². The van der Waals surface area contributed by atoms with Crippen molar-refractivity contribution in [2.45, 2.75) is 70.1 Å². The molecule has 6 heteroatoms. The van der Waals surface area contributed by atoms with Gasteiger partial charge in [0.2, 0.25) is 0 Å². The molecule has 0 aromatic carbocycles. The van der Waals surface area contributed by atoms with Gasteiger partial charge in [0.1, 0.15) is 10.1 Å². The Morgan fingerprint density at radius 1 is 1.00 bits per heavy atom. The molecule has 1 N–H and O–H groups in total. The molecular weight excluding hydrogens is 251 g/mol. The summed E-state index contributed by atoms with van der Waals surface area (Å²) in [5.74, 6) is 0. The Balaban J connectivity index is 0. The molecule has 0 rings (SSSR count). The molecular formula is C11H23NaO4S. The van der Waals surface area contributed by atoms with Gasteiger partial charge in [0.25, 0.3) is 0 Å². The molecule has 17 heavy (non-hydrogen) atoms. The first-order valence-electron chi connectivity index (χ1n) is 6.05. The van der Waals surface area contributed by atoms with Gasteiger partial charge in [-0.25, -0.2) is 8.42 Å². The van der Waals surface area contributed by atoms with E-state index in [0.29, 0.717) is 12.8 Å². The van der Waals surface area contributed by atoms with Gasteiger partial charge in [0.05, 0.1) is 0 Å². The second-order valence-corrected chi connectivity index (χ2v) is 5.98. The quantitative estimate of drug-likeness (QED) is 0.345. The van der Waals surface area contributed by atoms with Gasteiger partial charge in [0, 0.05) is 0 Å². The van der Waals surface area contributed by atoms with Crippen LogP contribution in [0.5, 0.6) is 0 Å². The maximum Gasteiger partial charge on any atom is 1.00 e. The molecule has 0 aliphatic heterocycles. The van der Waals surface area contributed by atoms with Crippen molar-refractivity contribution in [1.29, 1.82) is 0 Å². The monoisotopic (exact) mass is 274 g/mol. The summed E-state index contributed by atoms with van der Waals surface area (Å²) in [6, 6.07) is 0. The molecule has 0 aromatic rings. The van der Waals surface area contributed by atoms with E-state index in [1.165, 1.54) is 0 Å². The Labute approximate surface area is 127 Å². The molecule has 0 spiro atoms. The second-order valence-electron chi connectivity index (χ2n) is 4.31. The standard InChI is InChI=1S/C11H24O4S.Na/c1-3-5-7-9-11(12,16(13,14)15)10-8-6-4-2;/h12H,3-10H2,1-2H3,(H,13,14,15);/q;+1/p-1. The smallest absolute Gasteiger partial charge is 0.746 e. The van der Waals surface area contributed by atoms with E-state index in [2.05, 4.69) is 0 Å². The van der Waals surface area contributed by atoms with E-state index >= 15 is 0 Å². The van der Waals surface area contributed by atoms with Gasteiger partial charge in [-0.15, -0.1) is 0 Å². The zero-order valence-electron chi connectivity index (χ0n) is 11.2. The Morgan fingerprint density at radius 3 is 1.59 bits per heavy atom. The van der Waals surface area contributed by atoms with Crippen LogP contribution in [0, 0.1) is 0 Å². The Hall–Kier alpha value is 0.870. The van der Waals surface area contributed by atoms with Crippen LogP contribution in [0.1, 0.15) is 65.2 Å². The summed E-state index contributed by atoms with van der Waals surface area (Å²) in [4.78, 5) is -2.04. The summed E-state index contributed by atoms with van der Waals surface area (Å²) >= 11 is 0. The van der Waals surface area contributed by atoms with Crippen molar-refractivity contribution in [1.82, 2.24) is 0 Å². The van der Waals surface area contributed by atoms with Crippen LogP contribution in [0.3, 0.4) is 0 Å². The maximum atomic E-state index is 11.0. The minimum Gasteiger partial charge on any atom is -0.746 e. The summed E-state index contributed by atoms with van der Waals surface area (Å²) in [5.41, 5.74) is 0. The third-order valence-electron chi connectivity index (χ3n) is 2.81. The molecule has 0 aliphatic rings. The molecule has 0 fully saturated rings. The molecule has 0 heterocycles. The van der Waals surface area contributed by atoms with Gasteiger partial charge in [-0.2, -0.15) is 0 Å². The first kappa shape index (κ1) is 20.2. The van der Waals surface area contributed by atoms with Crippen molar-refractivity contribution in [3.05, 3.63) is 0 Å². The van der Waals surface area contributed by atoms with Crippen LogP contribution in [0.15, 0.2) is 0 Å². The summed E-state index contributed by atoms with van der Waals surface area (Å²) in [7, 11) is -4.62. The maximum absolute atomic E-state index is 11.0. The fraction of sp³-hybridized carbons (Fsp3) is 1.00. The molecule has 0 amide bonds. The van der Waals surface area contributed by atoms with Gasteiger partial charge >= 0.3 is 29.6 Å². The zero-order chi connectivity index (χ0) is 12.7. The van der Waals surface area contributed by atoms with Crippen molar-refractivity contribution < 1.29 is 47.6 Å². The number of aliphatic hydroxyl groups is 1.